The fraction of sp³-hybridized carbons (Fsp3) is 0.562. The van der Waals surface area contributed by atoms with Gasteiger partial charge in [-0.05, 0) is 38.2 Å². The lowest BCUT2D eigenvalue weighted by atomic mass is 9.79. The Morgan fingerprint density at radius 2 is 1.95 bits per heavy atom. The third kappa shape index (κ3) is 2.16. The lowest BCUT2D eigenvalue weighted by molar-refractivity contribution is -0.133. The molecule has 3 heteroatoms. The van der Waals surface area contributed by atoms with Crippen molar-refractivity contribution in [2.45, 2.75) is 51.4 Å². The highest BCUT2D eigenvalue weighted by Crippen LogP contribution is 2.37. The Bertz CT molecular complexity index is 455. The summed E-state index contributed by atoms with van der Waals surface area (Å²) in [5.41, 5.74) is 1.19. The topological polar surface area (TPSA) is 32.3 Å². The summed E-state index contributed by atoms with van der Waals surface area (Å²) < 4.78 is 0. The molecular formula is C16H22N2O. The molecule has 1 aromatic rings. The van der Waals surface area contributed by atoms with Crippen LogP contribution in [0.15, 0.2) is 30.3 Å². The predicted octanol–water partition coefficient (Wildman–Crippen LogP) is 2.69. The Morgan fingerprint density at radius 1 is 1.26 bits per heavy atom. The van der Waals surface area contributed by atoms with E-state index in [1.54, 1.807) is 0 Å². The van der Waals surface area contributed by atoms with Crippen molar-refractivity contribution in [3.8, 4) is 0 Å². The van der Waals surface area contributed by atoms with Crippen LogP contribution in [0.25, 0.3) is 0 Å². The predicted molar refractivity (Wildman–Crippen MR) is 75.4 cm³/mol. The van der Waals surface area contributed by atoms with Crippen LogP contribution in [0.4, 0.5) is 0 Å². The Labute approximate surface area is 115 Å². The molecular weight excluding hydrogens is 236 g/mol. The standard InChI is InChI=1S/C16H22N2O/c1-11-16(19)18(12(2)13-9-6-10-13)15(17-11)14-7-4-3-5-8-14/h3-5,7-8,11-13,15,17H,6,9-10H2,1-2H3. The fourth-order valence-corrected chi connectivity index (χ4v) is 3.22. The second kappa shape index (κ2) is 4.97. The number of carbonyl (C=O) groups is 1. The average molecular weight is 258 g/mol. The SMILES string of the molecule is CC1NC(c2ccccc2)N(C(C)C2CCC2)C1=O. The van der Waals surface area contributed by atoms with E-state index in [1.165, 1.54) is 24.8 Å². The summed E-state index contributed by atoms with van der Waals surface area (Å²) in [6, 6.07) is 10.6. The van der Waals surface area contributed by atoms with Crippen LogP contribution < -0.4 is 5.32 Å². The molecule has 3 atom stereocenters. The summed E-state index contributed by atoms with van der Waals surface area (Å²) >= 11 is 0. The lowest BCUT2D eigenvalue weighted by Gasteiger charge is -2.39. The van der Waals surface area contributed by atoms with E-state index in [0.717, 1.165) is 0 Å². The number of benzene rings is 1. The first-order valence-corrected chi connectivity index (χ1v) is 7.31. The van der Waals surface area contributed by atoms with Gasteiger partial charge in [0.05, 0.1) is 6.04 Å². The first kappa shape index (κ1) is 12.7. The van der Waals surface area contributed by atoms with Gasteiger partial charge in [-0.1, -0.05) is 36.8 Å². The molecule has 102 valence electrons. The van der Waals surface area contributed by atoms with Gasteiger partial charge in [-0.15, -0.1) is 0 Å². The zero-order valence-corrected chi connectivity index (χ0v) is 11.7. The molecule has 2 fully saturated rings. The minimum absolute atomic E-state index is 0.0410. The number of carbonyl (C=O) groups excluding carboxylic acids is 1. The van der Waals surface area contributed by atoms with Crippen LogP contribution in [0.2, 0.25) is 0 Å². The molecule has 1 N–H and O–H groups in total. The van der Waals surface area contributed by atoms with Crippen LogP contribution in [0.3, 0.4) is 0 Å². The molecule has 1 aliphatic carbocycles. The molecule has 2 aliphatic rings. The lowest BCUT2D eigenvalue weighted by Crippen LogP contribution is -2.44. The Morgan fingerprint density at radius 3 is 2.53 bits per heavy atom. The van der Waals surface area contributed by atoms with E-state index >= 15 is 0 Å². The molecule has 3 unspecified atom stereocenters. The maximum Gasteiger partial charge on any atom is 0.241 e. The van der Waals surface area contributed by atoms with Gasteiger partial charge in [-0.3, -0.25) is 10.1 Å². The minimum atomic E-state index is -0.0762. The highest BCUT2D eigenvalue weighted by molar-refractivity contribution is 5.84. The molecule has 1 heterocycles. The van der Waals surface area contributed by atoms with Crippen molar-refractivity contribution in [2.75, 3.05) is 0 Å². The average Bonchev–Trinajstić information content (AvgIpc) is 2.65. The molecule has 0 spiro atoms. The summed E-state index contributed by atoms with van der Waals surface area (Å²) in [6.07, 6.45) is 3.89. The van der Waals surface area contributed by atoms with Crippen molar-refractivity contribution >= 4 is 5.91 Å². The number of nitrogens with one attached hydrogen (secondary N) is 1. The first-order valence-electron chi connectivity index (χ1n) is 7.31. The zero-order chi connectivity index (χ0) is 13.4. The van der Waals surface area contributed by atoms with Gasteiger partial charge in [0, 0.05) is 6.04 Å². The van der Waals surface area contributed by atoms with Crippen LogP contribution in [0, 0.1) is 5.92 Å². The number of nitrogens with zero attached hydrogens (tertiary/aromatic N) is 1. The van der Waals surface area contributed by atoms with Crippen molar-refractivity contribution in [1.82, 2.24) is 10.2 Å². The van der Waals surface area contributed by atoms with Crippen molar-refractivity contribution in [1.29, 1.82) is 0 Å². The van der Waals surface area contributed by atoms with E-state index in [0.29, 0.717) is 12.0 Å². The summed E-state index contributed by atoms with van der Waals surface area (Å²) in [6.45, 7) is 4.17. The maximum atomic E-state index is 12.4. The maximum absolute atomic E-state index is 12.4. The zero-order valence-electron chi connectivity index (χ0n) is 11.7. The number of hydrogen-bond donors (Lipinski definition) is 1. The molecule has 3 rings (SSSR count). The first-order chi connectivity index (χ1) is 9.18. The molecule has 1 aliphatic heterocycles. The largest absolute Gasteiger partial charge is 0.319 e. The molecule has 19 heavy (non-hydrogen) atoms. The summed E-state index contributed by atoms with van der Waals surface area (Å²) in [4.78, 5) is 14.5. The molecule has 1 aromatic carbocycles. The highest BCUT2D eigenvalue weighted by atomic mass is 16.2. The quantitative estimate of drug-likeness (QED) is 0.904. The van der Waals surface area contributed by atoms with Gasteiger partial charge < -0.3 is 4.90 Å². The summed E-state index contributed by atoms with van der Waals surface area (Å²) in [5, 5.41) is 3.43. The van der Waals surface area contributed by atoms with E-state index in [4.69, 9.17) is 0 Å². The molecule has 1 saturated heterocycles. The van der Waals surface area contributed by atoms with E-state index in [1.807, 2.05) is 25.1 Å². The van der Waals surface area contributed by atoms with Gasteiger partial charge in [-0.2, -0.15) is 0 Å². The molecule has 0 aromatic heterocycles. The normalized spacial score (nSPS) is 29.4. The Hall–Kier alpha value is -1.35. The van der Waals surface area contributed by atoms with Crippen LogP contribution in [-0.4, -0.2) is 22.9 Å². The van der Waals surface area contributed by atoms with Gasteiger partial charge in [0.1, 0.15) is 6.17 Å². The highest BCUT2D eigenvalue weighted by Gasteiger charge is 2.42. The summed E-state index contributed by atoms with van der Waals surface area (Å²) in [5.74, 6) is 0.926. The second-order valence-corrected chi connectivity index (χ2v) is 5.88. The van der Waals surface area contributed by atoms with E-state index in [2.05, 4.69) is 29.3 Å². The van der Waals surface area contributed by atoms with Crippen LogP contribution >= 0.6 is 0 Å². The molecule has 0 radical (unpaired) electrons. The fourth-order valence-electron chi connectivity index (χ4n) is 3.22. The van der Waals surface area contributed by atoms with Crippen LogP contribution in [0.1, 0.15) is 44.8 Å². The molecule has 3 nitrogen and oxygen atoms in total. The third-order valence-corrected chi connectivity index (χ3v) is 4.70. The third-order valence-electron chi connectivity index (χ3n) is 4.70. The molecule has 1 amide bonds. The molecule has 0 bridgehead atoms. The van der Waals surface area contributed by atoms with Crippen molar-refractivity contribution in [3.63, 3.8) is 0 Å². The van der Waals surface area contributed by atoms with E-state index < -0.39 is 0 Å². The van der Waals surface area contributed by atoms with Gasteiger partial charge in [0.25, 0.3) is 0 Å². The van der Waals surface area contributed by atoms with Crippen molar-refractivity contribution in [2.24, 2.45) is 5.92 Å². The second-order valence-electron chi connectivity index (χ2n) is 5.88. The van der Waals surface area contributed by atoms with Crippen LogP contribution in [0.5, 0.6) is 0 Å². The monoisotopic (exact) mass is 258 g/mol. The van der Waals surface area contributed by atoms with Gasteiger partial charge in [0.2, 0.25) is 5.91 Å². The Kier molecular flexibility index (Phi) is 3.31. The Balaban J connectivity index is 1.87. The van der Waals surface area contributed by atoms with Gasteiger partial charge in [-0.25, -0.2) is 0 Å². The minimum Gasteiger partial charge on any atom is -0.319 e. The van der Waals surface area contributed by atoms with E-state index in [9.17, 15) is 4.79 Å². The van der Waals surface area contributed by atoms with Crippen molar-refractivity contribution < 1.29 is 4.79 Å². The molecule has 1 saturated carbocycles. The van der Waals surface area contributed by atoms with Crippen LogP contribution in [-0.2, 0) is 4.79 Å². The van der Waals surface area contributed by atoms with Gasteiger partial charge in [0.15, 0.2) is 0 Å². The van der Waals surface area contributed by atoms with Crippen molar-refractivity contribution in [3.05, 3.63) is 35.9 Å². The number of rotatable bonds is 3. The smallest absolute Gasteiger partial charge is 0.241 e. The number of hydrogen-bond acceptors (Lipinski definition) is 2. The number of amides is 1. The summed E-state index contributed by atoms with van der Waals surface area (Å²) in [7, 11) is 0. The van der Waals surface area contributed by atoms with Gasteiger partial charge >= 0.3 is 0 Å². The van der Waals surface area contributed by atoms with E-state index in [-0.39, 0.29) is 18.1 Å².